The van der Waals surface area contributed by atoms with Crippen molar-refractivity contribution in [2.24, 2.45) is 5.92 Å². The van der Waals surface area contributed by atoms with Crippen LogP contribution in [-0.4, -0.2) is 27.4 Å². The Hall–Kier alpha value is -2.50. The molecule has 2 aromatic heterocycles. The van der Waals surface area contributed by atoms with Gasteiger partial charge in [0.15, 0.2) is 0 Å². The highest BCUT2D eigenvalue weighted by Gasteiger charge is 2.10. The van der Waals surface area contributed by atoms with Gasteiger partial charge in [-0.3, -0.25) is 9.78 Å². The lowest BCUT2D eigenvalue weighted by molar-refractivity contribution is 0.0946. The average Bonchev–Trinajstić information content (AvgIpc) is 2.53. The molecule has 0 spiro atoms. The predicted molar refractivity (Wildman–Crippen MR) is 90.1 cm³/mol. The van der Waals surface area contributed by atoms with E-state index < -0.39 is 0 Å². The van der Waals surface area contributed by atoms with Gasteiger partial charge in [-0.05, 0) is 37.0 Å². The number of nitrogens with zero attached hydrogens (tertiary/aromatic N) is 3. The van der Waals surface area contributed by atoms with E-state index in [1.807, 2.05) is 12.1 Å². The van der Waals surface area contributed by atoms with E-state index in [2.05, 4.69) is 39.4 Å². The molecule has 0 bridgehead atoms. The summed E-state index contributed by atoms with van der Waals surface area (Å²) in [5, 5.41) is 6.11. The SMILES string of the molecule is Cc1nc(NCc2ccncc2)cc(C(=O)NCCC(C)C)n1. The van der Waals surface area contributed by atoms with E-state index in [0.717, 1.165) is 12.0 Å². The molecule has 0 saturated heterocycles. The first-order valence-electron chi connectivity index (χ1n) is 7.81. The summed E-state index contributed by atoms with van der Waals surface area (Å²) in [6.07, 6.45) is 4.44. The Balaban J connectivity index is 1.99. The molecule has 0 aliphatic rings. The van der Waals surface area contributed by atoms with Crippen molar-refractivity contribution >= 4 is 11.7 Å². The lowest BCUT2D eigenvalue weighted by atomic mass is 10.1. The minimum absolute atomic E-state index is 0.164. The summed E-state index contributed by atoms with van der Waals surface area (Å²) in [5.41, 5.74) is 1.48. The largest absolute Gasteiger partial charge is 0.366 e. The topological polar surface area (TPSA) is 79.8 Å². The van der Waals surface area contributed by atoms with Gasteiger partial charge in [-0.25, -0.2) is 9.97 Å². The molecule has 2 aromatic rings. The van der Waals surface area contributed by atoms with Crippen LogP contribution in [0.2, 0.25) is 0 Å². The number of carbonyl (C=O) groups is 1. The number of carbonyl (C=O) groups excluding carboxylic acids is 1. The number of anilines is 1. The molecular weight excluding hydrogens is 290 g/mol. The number of rotatable bonds is 7. The fourth-order valence-corrected chi connectivity index (χ4v) is 2.03. The Morgan fingerprint density at radius 1 is 1.22 bits per heavy atom. The third-order valence-corrected chi connectivity index (χ3v) is 3.30. The predicted octanol–water partition coefficient (Wildman–Crippen LogP) is 2.57. The quantitative estimate of drug-likeness (QED) is 0.821. The second kappa shape index (κ2) is 8.22. The highest BCUT2D eigenvalue weighted by molar-refractivity contribution is 5.92. The Bertz CT molecular complexity index is 643. The summed E-state index contributed by atoms with van der Waals surface area (Å²) < 4.78 is 0. The van der Waals surface area contributed by atoms with Crippen LogP contribution in [0, 0.1) is 12.8 Å². The summed E-state index contributed by atoms with van der Waals surface area (Å²) in [7, 11) is 0. The van der Waals surface area contributed by atoms with E-state index in [9.17, 15) is 4.79 Å². The first-order chi connectivity index (χ1) is 11.0. The van der Waals surface area contributed by atoms with Crippen molar-refractivity contribution in [1.29, 1.82) is 0 Å². The minimum Gasteiger partial charge on any atom is -0.366 e. The zero-order valence-corrected chi connectivity index (χ0v) is 13.8. The smallest absolute Gasteiger partial charge is 0.270 e. The normalized spacial score (nSPS) is 10.6. The highest BCUT2D eigenvalue weighted by Crippen LogP contribution is 2.09. The molecule has 0 atom stereocenters. The van der Waals surface area contributed by atoms with Gasteiger partial charge in [0.1, 0.15) is 17.3 Å². The van der Waals surface area contributed by atoms with Gasteiger partial charge in [0, 0.05) is 31.5 Å². The van der Waals surface area contributed by atoms with Gasteiger partial charge < -0.3 is 10.6 Å². The average molecular weight is 313 g/mol. The molecule has 2 N–H and O–H groups in total. The second-order valence-electron chi connectivity index (χ2n) is 5.83. The lowest BCUT2D eigenvalue weighted by Gasteiger charge is -2.10. The van der Waals surface area contributed by atoms with Crippen LogP contribution in [0.5, 0.6) is 0 Å². The van der Waals surface area contributed by atoms with Crippen molar-refractivity contribution < 1.29 is 4.79 Å². The van der Waals surface area contributed by atoms with Crippen molar-refractivity contribution in [2.45, 2.75) is 33.7 Å². The number of aryl methyl sites for hydroxylation is 1. The van der Waals surface area contributed by atoms with Gasteiger partial charge in [0.05, 0.1) is 0 Å². The van der Waals surface area contributed by atoms with E-state index in [4.69, 9.17) is 0 Å². The van der Waals surface area contributed by atoms with E-state index in [-0.39, 0.29) is 5.91 Å². The Morgan fingerprint density at radius 2 is 1.96 bits per heavy atom. The summed E-state index contributed by atoms with van der Waals surface area (Å²) in [6, 6.07) is 5.54. The highest BCUT2D eigenvalue weighted by atomic mass is 16.1. The van der Waals surface area contributed by atoms with Crippen molar-refractivity contribution in [1.82, 2.24) is 20.3 Å². The molecule has 2 rings (SSSR count). The van der Waals surface area contributed by atoms with Crippen LogP contribution in [0.25, 0.3) is 0 Å². The molecule has 0 unspecified atom stereocenters. The molecule has 0 aliphatic heterocycles. The Labute approximate surface area is 136 Å². The molecule has 1 amide bonds. The number of pyridine rings is 1. The zero-order valence-electron chi connectivity index (χ0n) is 13.8. The van der Waals surface area contributed by atoms with Crippen LogP contribution in [0.1, 0.15) is 42.1 Å². The number of hydrogen-bond acceptors (Lipinski definition) is 5. The molecule has 6 nitrogen and oxygen atoms in total. The minimum atomic E-state index is -0.164. The first-order valence-corrected chi connectivity index (χ1v) is 7.81. The van der Waals surface area contributed by atoms with Crippen molar-refractivity contribution in [3.63, 3.8) is 0 Å². The van der Waals surface area contributed by atoms with Crippen LogP contribution in [0.15, 0.2) is 30.6 Å². The molecule has 0 fully saturated rings. The van der Waals surface area contributed by atoms with Crippen LogP contribution in [-0.2, 0) is 6.54 Å². The van der Waals surface area contributed by atoms with Gasteiger partial charge in [-0.1, -0.05) is 13.8 Å². The second-order valence-corrected chi connectivity index (χ2v) is 5.83. The first kappa shape index (κ1) is 16.9. The number of aromatic nitrogens is 3. The third kappa shape index (κ3) is 5.65. The van der Waals surface area contributed by atoms with Crippen molar-refractivity contribution in [2.75, 3.05) is 11.9 Å². The molecule has 0 aromatic carbocycles. The van der Waals surface area contributed by atoms with Gasteiger partial charge >= 0.3 is 0 Å². The van der Waals surface area contributed by atoms with Gasteiger partial charge in [0.25, 0.3) is 5.91 Å². The zero-order chi connectivity index (χ0) is 16.7. The van der Waals surface area contributed by atoms with Crippen LogP contribution < -0.4 is 10.6 Å². The lowest BCUT2D eigenvalue weighted by Crippen LogP contribution is -2.26. The number of nitrogens with one attached hydrogen (secondary N) is 2. The number of hydrogen-bond donors (Lipinski definition) is 2. The molecular formula is C17H23N5O. The van der Waals surface area contributed by atoms with Crippen molar-refractivity contribution in [3.05, 3.63) is 47.7 Å². The van der Waals surface area contributed by atoms with Crippen molar-refractivity contribution in [3.8, 4) is 0 Å². The molecule has 6 heteroatoms. The molecule has 23 heavy (non-hydrogen) atoms. The van der Waals surface area contributed by atoms with E-state index >= 15 is 0 Å². The summed E-state index contributed by atoms with van der Waals surface area (Å²) >= 11 is 0. The molecule has 0 saturated carbocycles. The standard InChI is InChI=1S/C17H23N5O/c1-12(2)4-9-19-17(23)15-10-16(22-13(3)21-15)20-11-14-5-7-18-8-6-14/h5-8,10,12H,4,9,11H2,1-3H3,(H,19,23)(H,20,21,22). The Morgan fingerprint density at radius 3 is 2.65 bits per heavy atom. The monoisotopic (exact) mass is 313 g/mol. The van der Waals surface area contributed by atoms with Gasteiger partial charge in [-0.15, -0.1) is 0 Å². The van der Waals surface area contributed by atoms with E-state index in [0.29, 0.717) is 36.3 Å². The number of amides is 1. The third-order valence-electron chi connectivity index (χ3n) is 3.30. The van der Waals surface area contributed by atoms with E-state index in [1.165, 1.54) is 0 Å². The van der Waals surface area contributed by atoms with Crippen LogP contribution in [0.4, 0.5) is 5.82 Å². The molecule has 2 heterocycles. The Kier molecular flexibility index (Phi) is 6.02. The molecule has 122 valence electrons. The fourth-order valence-electron chi connectivity index (χ4n) is 2.03. The van der Waals surface area contributed by atoms with Crippen LogP contribution >= 0.6 is 0 Å². The maximum atomic E-state index is 12.2. The maximum absolute atomic E-state index is 12.2. The molecule has 0 aliphatic carbocycles. The summed E-state index contributed by atoms with van der Waals surface area (Å²) in [6.45, 7) is 7.31. The van der Waals surface area contributed by atoms with Crippen LogP contribution in [0.3, 0.4) is 0 Å². The molecule has 0 radical (unpaired) electrons. The fraction of sp³-hybridized carbons (Fsp3) is 0.412. The summed E-state index contributed by atoms with van der Waals surface area (Å²) in [5.74, 6) is 1.60. The van der Waals surface area contributed by atoms with Gasteiger partial charge in [-0.2, -0.15) is 0 Å². The maximum Gasteiger partial charge on any atom is 0.270 e. The van der Waals surface area contributed by atoms with E-state index in [1.54, 1.807) is 25.4 Å². The van der Waals surface area contributed by atoms with Gasteiger partial charge in [0.2, 0.25) is 0 Å². The summed E-state index contributed by atoms with van der Waals surface area (Å²) in [4.78, 5) is 24.7.